The molecule has 0 bridgehead atoms. The fourth-order valence-corrected chi connectivity index (χ4v) is 4.80. The highest BCUT2D eigenvalue weighted by atomic mass is 19.1. The molecule has 182 valence electrons. The molecule has 1 saturated heterocycles. The van der Waals surface area contributed by atoms with Crippen LogP contribution in [0, 0.1) is 16.9 Å². The molecule has 1 aliphatic rings. The molecule has 0 radical (unpaired) electrons. The zero-order valence-electron chi connectivity index (χ0n) is 19.4. The average Bonchev–Trinajstić information content (AvgIpc) is 2.88. The third-order valence-corrected chi connectivity index (χ3v) is 6.71. The van der Waals surface area contributed by atoms with E-state index in [1.165, 1.54) is 24.5 Å². The van der Waals surface area contributed by atoms with Gasteiger partial charge in [-0.2, -0.15) is 4.73 Å². The van der Waals surface area contributed by atoms with Gasteiger partial charge < -0.3 is 20.3 Å². The fourth-order valence-electron chi connectivity index (χ4n) is 4.80. The molecule has 7 heteroatoms. The number of aromatic hydroxyl groups is 1. The van der Waals surface area contributed by atoms with E-state index < -0.39 is 6.10 Å². The Bertz CT molecular complexity index is 1360. The first-order valence-corrected chi connectivity index (χ1v) is 11.8. The van der Waals surface area contributed by atoms with Crippen LogP contribution in [0.1, 0.15) is 36.1 Å². The molecular weight excluding hydrogens is 459 g/mol. The summed E-state index contributed by atoms with van der Waals surface area (Å²) in [7, 11) is 0. The molecule has 0 aliphatic carbocycles. The van der Waals surface area contributed by atoms with E-state index in [1.54, 1.807) is 47.4 Å². The molecule has 3 atom stereocenters. The summed E-state index contributed by atoms with van der Waals surface area (Å²) in [4.78, 5) is 15.0. The van der Waals surface area contributed by atoms with Crippen molar-refractivity contribution >= 4 is 11.6 Å². The Morgan fingerprint density at radius 2 is 1.64 bits per heavy atom. The molecule has 4 aromatic rings. The summed E-state index contributed by atoms with van der Waals surface area (Å²) in [6.45, 7) is 0. The molecule has 0 spiro atoms. The van der Waals surface area contributed by atoms with Crippen molar-refractivity contribution < 1.29 is 24.1 Å². The van der Waals surface area contributed by atoms with Gasteiger partial charge >= 0.3 is 0 Å². The number of anilines is 1. The lowest BCUT2D eigenvalue weighted by atomic mass is 9.78. The highest BCUT2D eigenvalue weighted by molar-refractivity contribution is 6.03. The van der Waals surface area contributed by atoms with E-state index >= 15 is 0 Å². The highest BCUT2D eigenvalue weighted by Gasteiger charge is 2.48. The van der Waals surface area contributed by atoms with Crippen molar-refractivity contribution in [1.82, 2.24) is 0 Å². The van der Waals surface area contributed by atoms with E-state index in [4.69, 9.17) is 0 Å². The van der Waals surface area contributed by atoms with Gasteiger partial charge in [-0.3, -0.25) is 4.79 Å². The van der Waals surface area contributed by atoms with E-state index in [2.05, 4.69) is 0 Å². The number of hydrogen-bond acceptors (Lipinski definition) is 4. The summed E-state index contributed by atoms with van der Waals surface area (Å²) in [5.74, 6) is -0.627. The molecule has 2 heterocycles. The van der Waals surface area contributed by atoms with Crippen LogP contribution >= 0.6 is 0 Å². The number of aromatic nitrogens is 1. The van der Waals surface area contributed by atoms with Gasteiger partial charge in [0.2, 0.25) is 5.91 Å². The van der Waals surface area contributed by atoms with Gasteiger partial charge in [0.25, 0.3) is 0 Å². The molecule has 1 aliphatic heterocycles. The van der Waals surface area contributed by atoms with Gasteiger partial charge in [-0.15, -0.1) is 0 Å². The Morgan fingerprint density at radius 3 is 2.31 bits per heavy atom. The molecule has 6 nitrogen and oxygen atoms in total. The first-order valence-electron chi connectivity index (χ1n) is 11.8. The normalized spacial score (nSPS) is 18.1. The lowest BCUT2D eigenvalue weighted by Gasteiger charge is -2.48. The molecule has 36 heavy (non-hydrogen) atoms. The number of pyridine rings is 1. The van der Waals surface area contributed by atoms with Crippen LogP contribution in [-0.4, -0.2) is 16.1 Å². The number of halogens is 1. The molecule has 1 fully saturated rings. The van der Waals surface area contributed by atoms with Crippen LogP contribution in [0.25, 0.3) is 11.1 Å². The van der Waals surface area contributed by atoms with Crippen LogP contribution < -0.4 is 9.63 Å². The summed E-state index contributed by atoms with van der Waals surface area (Å²) >= 11 is 0. The van der Waals surface area contributed by atoms with Gasteiger partial charge in [-0.1, -0.05) is 36.4 Å². The molecule has 1 amide bonds. The van der Waals surface area contributed by atoms with E-state index in [0.29, 0.717) is 18.4 Å². The number of rotatable bonds is 7. The number of carbonyl (C=O) groups is 1. The van der Waals surface area contributed by atoms with Gasteiger partial charge in [0.1, 0.15) is 11.6 Å². The zero-order chi connectivity index (χ0) is 25.2. The molecule has 0 unspecified atom stereocenters. The number of hydrogen-bond donors (Lipinski definition) is 2. The van der Waals surface area contributed by atoms with Crippen LogP contribution in [0.15, 0.2) is 97.3 Å². The van der Waals surface area contributed by atoms with E-state index in [1.807, 2.05) is 30.3 Å². The molecule has 1 aromatic heterocycles. The summed E-state index contributed by atoms with van der Waals surface area (Å²) in [5.41, 5.74) is 3.85. The van der Waals surface area contributed by atoms with E-state index in [0.717, 1.165) is 27.1 Å². The smallest absolute Gasteiger partial charge is 0.233 e. The second kappa shape index (κ2) is 9.79. The van der Waals surface area contributed by atoms with Crippen molar-refractivity contribution in [2.75, 3.05) is 4.90 Å². The number of aliphatic hydroxyl groups excluding tert-OH is 1. The Hall–Kier alpha value is -4.23. The van der Waals surface area contributed by atoms with Crippen molar-refractivity contribution in [3.8, 4) is 16.9 Å². The number of β-lactam (4-membered cyclic amide) rings is 1. The lowest BCUT2D eigenvalue weighted by Crippen LogP contribution is -2.55. The summed E-state index contributed by atoms with van der Waals surface area (Å²) < 4.78 is 14.0. The quantitative estimate of drug-likeness (QED) is 0.218. The van der Waals surface area contributed by atoms with Gasteiger partial charge in [-0.05, 0) is 72.0 Å². The number of aliphatic hydroxyl groups is 1. The third-order valence-electron chi connectivity index (χ3n) is 6.71. The number of phenolic OH excluding ortho intramolecular Hbond substituents is 1. The number of carbonyl (C=O) groups excluding carboxylic acids is 1. The van der Waals surface area contributed by atoms with Crippen molar-refractivity contribution in [3.63, 3.8) is 0 Å². The fraction of sp³-hybridized carbons (Fsp3) is 0.172. The van der Waals surface area contributed by atoms with Crippen LogP contribution in [-0.2, 0) is 4.79 Å². The minimum atomic E-state index is -0.804. The second-order valence-electron chi connectivity index (χ2n) is 9.00. The third kappa shape index (κ3) is 4.65. The van der Waals surface area contributed by atoms with Crippen molar-refractivity contribution in [3.05, 3.63) is 119 Å². The van der Waals surface area contributed by atoms with Crippen molar-refractivity contribution in [2.24, 2.45) is 5.92 Å². The molecule has 3 aromatic carbocycles. The maximum atomic E-state index is 13.3. The average molecular weight is 485 g/mol. The number of amides is 1. The number of phenols is 1. The Labute approximate surface area is 208 Å². The maximum absolute atomic E-state index is 13.3. The van der Waals surface area contributed by atoms with E-state index in [-0.39, 0.29) is 29.4 Å². The van der Waals surface area contributed by atoms with Crippen LogP contribution in [0.4, 0.5) is 10.1 Å². The van der Waals surface area contributed by atoms with Crippen LogP contribution in [0.3, 0.4) is 0 Å². The molecule has 5 rings (SSSR count). The van der Waals surface area contributed by atoms with E-state index in [9.17, 15) is 24.6 Å². The second-order valence-corrected chi connectivity index (χ2v) is 9.00. The standard InChI is InChI=1S/C29H25FN2O4/c30-23-9-3-20(4-10-23)27(34)16-15-26-28(21-7-13-25(33)14-8-21)32(29(26)35)24-11-5-19(6-12-24)22-2-1-17-31(36)18-22/h1-14,17-18,26-28,33-34H,15-16H2/t26-,27+,28-/m1/s1. The Kier molecular flexibility index (Phi) is 6.40. The Balaban J connectivity index is 1.37. The van der Waals surface area contributed by atoms with Crippen molar-refractivity contribution in [2.45, 2.75) is 25.0 Å². The summed E-state index contributed by atoms with van der Waals surface area (Å²) in [6.07, 6.45) is 2.91. The number of benzene rings is 3. The first-order chi connectivity index (χ1) is 17.4. The topological polar surface area (TPSA) is 87.7 Å². The molecule has 0 saturated carbocycles. The van der Waals surface area contributed by atoms with Gasteiger partial charge in [-0.25, -0.2) is 4.39 Å². The SMILES string of the molecule is O=C1[C@H](CC[C@H](O)c2ccc(F)cc2)[C@@H](c2ccc(O)cc2)N1c1ccc(-c2ccc[n+]([O-])c2)cc1. The largest absolute Gasteiger partial charge is 0.619 e. The van der Waals surface area contributed by atoms with Gasteiger partial charge in [0.15, 0.2) is 12.4 Å². The Morgan fingerprint density at radius 1 is 0.944 bits per heavy atom. The monoisotopic (exact) mass is 484 g/mol. The summed E-state index contributed by atoms with van der Waals surface area (Å²) in [5, 5.41) is 32.0. The number of nitrogens with zero attached hydrogens (tertiary/aromatic N) is 2. The highest BCUT2D eigenvalue weighted by Crippen LogP contribution is 2.46. The van der Waals surface area contributed by atoms with Crippen LogP contribution in [0.5, 0.6) is 5.75 Å². The molecular formula is C29H25FN2O4. The van der Waals surface area contributed by atoms with Gasteiger partial charge in [0, 0.05) is 17.3 Å². The predicted octanol–water partition coefficient (Wildman–Crippen LogP) is 5.05. The van der Waals surface area contributed by atoms with Gasteiger partial charge in [0.05, 0.1) is 18.1 Å². The summed E-state index contributed by atoms with van der Waals surface area (Å²) in [6, 6.07) is 23.2. The minimum Gasteiger partial charge on any atom is -0.619 e. The van der Waals surface area contributed by atoms with Crippen molar-refractivity contribution in [1.29, 1.82) is 0 Å². The first kappa shape index (κ1) is 23.5. The minimum absolute atomic E-state index is 0.0516. The lowest BCUT2D eigenvalue weighted by molar-refractivity contribution is -0.604. The molecule has 2 N–H and O–H groups in total. The predicted molar refractivity (Wildman–Crippen MR) is 133 cm³/mol. The zero-order valence-corrected chi connectivity index (χ0v) is 19.4. The van der Waals surface area contributed by atoms with Crippen LogP contribution in [0.2, 0.25) is 0 Å². The maximum Gasteiger partial charge on any atom is 0.233 e.